The van der Waals surface area contributed by atoms with Crippen LogP contribution in [0.1, 0.15) is 32.3 Å². The second-order valence-electron chi connectivity index (χ2n) is 7.33. The van der Waals surface area contributed by atoms with Crippen LogP contribution in [-0.4, -0.2) is 66.4 Å². The largest absolute Gasteiger partial charge is 0.352 e. The van der Waals surface area contributed by atoms with Crippen LogP contribution in [0.3, 0.4) is 0 Å². The van der Waals surface area contributed by atoms with Crippen molar-refractivity contribution in [2.24, 2.45) is 0 Å². The van der Waals surface area contributed by atoms with Gasteiger partial charge in [-0.1, -0.05) is 25.1 Å². The summed E-state index contributed by atoms with van der Waals surface area (Å²) < 4.78 is 0. The van der Waals surface area contributed by atoms with Gasteiger partial charge in [-0.05, 0) is 37.8 Å². The van der Waals surface area contributed by atoms with E-state index in [0.717, 1.165) is 56.7 Å². The van der Waals surface area contributed by atoms with Gasteiger partial charge in [0, 0.05) is 37.9 Å². The van der Waals surface area contributed by atoms with Crippen LogP contribution >= 0.6 is 0 Å². The molecule has 1 atom stereocenters. The van der Waals surface area contributed by atoms with Crippen molar-refractivity contribution in [3.8, 4) is 0 Å². The van der Waals surface area contributed by atoms with Crippen molar-refractivity contribution in [3.63, 3.8) is 0 Å². The highest BCUT2D eigenvalue weighted by Crippen LogP contribution is 2.19. The average molecular weight is 358 g/mol. The monoisotopic (exact) mass is 358 g/mol. The first-order chi connectivity index (χ1) is 12.6. The molecule has 2 fully saturated rings. The van der Waals surface area contributed by atoms with Crippen LogP contribution in [0.25, 0.3) is 0 Å². The Balaban J connectivity index is 1.43. The molecule has 1 saturated carbocycles. The summed E-state index contributed by atoms with van der Waals surface area (Å²) in [4.78, 5) is 28.9. The molecule has 0 unspecified atom stereocenters. The van der Waals surface area contributed by atoms with Gasteiger partial charge in [-0.3, -0.25) is 19.4 Å². The molecule has 142 valence electrons. The molecule has 1 saturated heterocycles. The first-order valence-electron chi connectivity index (χ1n) is 9.71. The summed E-state index contributed by atoms with van der Waals surface area (Å²) in [6.45, 7) is 7.71. The molecule has 0 radical (unpaired) electrons. The minimum Gasteiger partial charge on any atom is -0.352 e. The van der Waals surface area contributed by atoms with Crippen molar-refractivity contribution in [1.82, 2.24) is 15.1 Å². The molecule has 1 aliphatic carbocycles. The summed E-state index contributed by atoms with van der Waals surface area (Å²) in [6, 6.07) is 8.25. The summed E-state index contributed by atoms with van der Waals surface area (Å²) >= 11 is 0. The predicted molar refractivity (Wildman–Crippen MR) is 103 cm³/mol. The molecule has 6 heteroatoms. The number of hydrogen-bond acceptors (Lipinski definition) is 4. The molecule has 2 N–H and O–H groups in total. The third-order valence-electron chi connectivity index (χ3n) is 5.30. The fraction of sp³-hybridized carbons (Fsp3) is 0.600. The second-order valence-corrected chi connectivity index (χ2v) is 7.33. The maximum Gasteiger partial charge on any atom is 0.238 e. The summed E-state index contributed by atoms with van der Waals surface area (Å²) in [5, 5.41) is 6.11. The zero-order valence-electron chi connectivity index (χ0n) is 15.8. The Labute approximate surface area is 155 Å². The van der Waals surface area contributed by atoms with Crippen LogP contribution < -0.4 is 10.6 Å². The second kappa shape index (κ2) is 8.64. The van der Waals surface area contributed by atoms with Crippen molar-refractivity contribution in [3.05, 3.63) is 29.8 Å². The van der Waals surface area contributed by atoms with E-state index < -0.39 is 0 Å². The number of hydrogen-bond donors (Lipinski definition) is 2. The molecule has 1 aromatic carbocycles. The van der Waals surface area contributed by atoms with Gasteiger partial charge in [-0.2, -0.15) is 0 Å². The van der Waals surface area contributed by atoms with E-state index in [1.54, 1.807) is 0 Å². The van der Waals surface area contributed by atoms with E-state index in [-0.39, 0.29) is 17.9 Å². The summed E-state index contributed by atoms with van der Waals surface area (Å²) in [7, 11) is 0. The molecular weight excluding hydrogens is 328 g/mol. The number of carbonyl (C=O) groups excluding carboxylic acids is 2. The minimum absolute atomic E-state index is 0.0267. The van der Waals surface area contributed by atoms with Gasteiger partial charge in [0.25, 0.3) is 0 Å². The van der Waals surface area contributed by atoms with Crippen molar-refractivity contribution in [2.45, 2.75) is 45.2 Å². The van der Waals surface area contributed by atoms with E-state index >= 15 is 0 Å². The fourth-order valence-electron chi connectivity index (χ4n) is 3.37. The molecule has 2 amide bonds. The summed E-state index contributed by atoms with van der Waals surface area (Å²) in [5.74, 6) is 0.161. The lowest BCUT2D eigenvalue weighted by atomic mass is 10.1. The number of anilines is 1. The Hall–Kier alpha value is -1.92. The van der Waals surface area contributed by atoms with Crippen LogP contribution in [0.4, 0.5) is 5.69 Å². The van der Waals surface area contributed by atoms with Crippen molar-refractivity contribution >= 4 is 17.5 Å². The lowest BCUT2D eigenvalue weighted by molar-refractivity contribution is -0.127. The van der Waals surface area contributed by atoms with Crippen LogP contribution in [0.2, 0.25) is 0 Å². The van der Waals surface area contributed by atoms with Gasteiger partial charge >= 0.3 is 0 Å². The normalized spacial score (nSPS) is 19.8. The highest BCUT2D eigenvalue weighted by atomic mass is 16.2. The number of rotatable bonds is 7. The Morgan fingerprint density at radius 1 is 1.15 bits per heavy atom. The maximum absolute atomic E-state index is 12.4. The number of amides is 2. The smallest absolute Gasteiger partial charge is 0.238 e. The predicted octanol–water partition coefficient (Wildman–Crippen LogP) is 1.47. The zero-order chi connectivity index (χ0) is 18.5. The van der Waals surface area contributed by atoms with E-state index in [2.05, 4.69) is 27.4 Å². The number of benzene rings is 1. The van der Waals surface area contributed by atoms with Gasteiger partial charge in [0.05, 0.1) is 12.6 Å². The summed E-state index contributed by atoms with van der Waals surface area (Å²) in [5.41, 5.74) is 2.06. The fourth-order valence-corrected chi connectivity index (χ4v) is 3.37. The minimum atomic E-state index is -0.0944. The molecule has 3 rings (SSSR count). The molecule has 1 aliphatic heterocycles. The van der Waals surface area contributed by atoms with Gasteiger partial charge < -0.3 is 10.6 Å². The lowest BCUT2D eigenvalue weighted by Gasteiger charge is -2.37. The molecule has 0 aromatic heterocycles. The van der Waals surface area contributed by atoms with Crippen molar-refractivity contribution in [1.29, 1.82) is 0 Å². The molecule has 1 heterocycles. The molecule has 1 aromatic rings. The zero-order valence-corrected chi connectivity index (χ0v) is 15.8. The van der Waals surface area contributed by atoms with Gasteiger partial charge in [0.15, 0.2) is 0 Å². The Morgan fingerprint density at radius 3 is 2.50 bits per heavy atom. The van der Waals surface area contributed by atoms with Crippen LogP contribution in [0.15, 0.2) is 24.3 Å². The van der Waals surface area contributed by atoms with Crippen molar-refractivity contribution in [2.75, 3.05) is 38.0 Å². The number of nitrogens with zero attached hydrogens (tertiary/aromatic N) is 2. The van der Waals surface area contributed by atoms with Crippen LogP contribution in [-0.2, 0) is 16.0 Å². The quantitative estimate of drug-likeness (QED) is 0.775. The Morgan fingerprint density at radius 2 is 1.85 bits per heavy atom. The molecule has 2 aliphatic rings. The third-order valence-corrected chi connectivity index (χ3v) is 5.30. The maximum atomic E-state index is 12.4. The first-order valence-corrected chi connectivity index (χ1v) is 9.71. The molecular formula is C20H30N4O2. The summed E-state index contributed by atoms with van der Waals surface area (Å²) in [6.07, 6.45) is 3.13. The topological polar surface area (TPSA) is 64.7 Å². The van der Waals surface area contributed by atoms with Crippen LogP contribution in [0.5, 0.6) is 0 Å². The van der Waals surface area contributed by atoms with E-state index in [9.17, 15) is 9.59 Å². The number of aryl methyl sites for hydroxylation is 1. The van der Waals surface area contributed by atoms with E-state index in [1.165, 1.54) is 0 Å². The highest BCUT2D eigenvalue weighted by Gasteiger charge is 2.30. The molecule has 6 nitrogen and oxygen atoms in total. The molecule has 26 heavy (non-hydrogen) atoms. The van der Waals surface area contributed by atoms with Crippen molar-refractivity contribution < 1.29 is 9.59 Å². The number of nitrogens with one attached hydrogen (secondary N) is 2. The third kappa shape index (κ3) is 5.05. The van der Waals surface area contributed by atoms with E-state index in [1.807, 2.05) is 31.2 Å². The van der Waals surface area contributed by atoms with Gasteiger partial charge in [0.1, 0.15) is 0 Å². The number of carbonyl (C=O) groups is 2. The molecule has 0 spiro atoms. The average Bonchev–Trinajstić information content (AvgIpc) is 3.46. The van der Waals surface area contributed by atoms with Gasteiger partial charge in [-0.15, -0.1) is 0 Å². The highest BCUT2D eigenvalue weighted by molar-refractivity contribution is 5.93. The Bertz CT molecular complexity index is 636. The molecule has 0 bridgehead atoms. The number of para-hydroxylation sites is 1. The lowest BCUT2D eigenvalue weighted by Crippen LogP contribution is -2.55. The Kier molecular flexibility index (Phi) is 6.27. The number of piperazine rings is 1. The van der Waals surface area contributed by atoms with E-state index in [0.29, 0.717) is 12.6 Å². The van der Waals surface area contributed by atoms with E-state index in [4.69, 9.17) is 0 Å². The first kappa shape index (κ1) is 18.9. The van der Waals surface area contributed by atoms with Gasteiger partial charge in [-0.25, -0.2) is 0 Å². The SMILES string of the molecule is CCc1ccccc1NC(=O)CN1CCN([C@H](C)C(=O)NC2CC2)CC1. The van der Waals surface area contributed by atoms with Gasteiger partial charge in [0.2, 0.25) is 11.8 Å². The van der Waals surface area contributed by atoms with Crippen LogP contribution in [0, 0.1) is 0 Å². The standard InChI is InChI=1S/C20H30N4O2/c1-3-16-6-4-5-7-18(16)22-19(25)14-23-10-12-24(13-11-23)15(2)20(26)21-17-8-9-17/h4-7,15,17H,3,8-14H2,1-2H3,(H,21,26)(H,22,25)/t15-/m1/s1.